The summed E-state index contributed by atoms with van der Waals surface area (Å²) in [6, 6.07) is 0. The lowest BCUT2D eigenvalue weighted by Crippen LogP contribution is -2.63. The van der Waals surface area contributed by atoms with Crippen molar-refractivity contribution >= 4 is 35.1 Å². The fourth-order valence-electron chi connectivity index (χ4n) is 8.24. The third kappa shape index (κ3) is 13.1. The molecule has 0 bridgehead atoms. The maximum atomic E-state index is 13.8. The zero-order valence-electron chi connectivity index (χ0n) is 39.4. The predicted octanol–water partition coefficient (Wildman–Crippen LogP) is 7.28. The first kappa shape index (κ1) is 54.5. The van der Waals surface area contributed by atoms with Crippen molar-refractivity contribution in [1.29, 1.82) is 0 Å². The number of ether oxygens (including phenoxy) is 6. The highest BCUT2D eigenvalue weighted by Gasteiger charge is 2.50. The number of phenols is 1. The van der Waals surface area contributed by atoms with Crippen molar-refractivity contribution in [2.45, 2.75) is 181 Å². The Balaban J connectivity index is 1.56. The molecule has 13 atom stereocenters. The van der Waals surface area contributed by atoms with Gasteiger partial charge in [0.1, 0.15) is 41.8 Å². The maximum Gasteiger partial charge on any atom is 0.342 e. The number of carbonyl (C=O) groups excluding carboxylic acids is 2. The molecule has 3 aliphatic heterocycles. The molecular formula is C49H70Cl2O14. The van der Waals surface area contributed by atoms with E-state index in [1.54, 1.807) is 66.7 Å². The van der Waals surface area contributed by atoms with Gasteiger partial charge in [-0.1, -0.05) is 86.9 Å². The molecule has 1 aromatic carbocycles. The Morgan fingerprint density at radius 1 is 0.908 bits per heavy atom. The number of hydrogen-bond acceptors (Lipinski definition) is 14. The van der Waals surface area contributed by atoms with Crippen LogP contribution in [0.15, 0.2) is 58.7 Å². The Bertz CT molecular complexity index is 1990. The summed E-state index contributed by atoms with van der Waals surface area (Å²) in [4.78, 5) is 27.3. The number of hydrogen-bond donors (Lipinski definition) is 6. The molecule has 3 aliphatic rings. The lowest BCUT2D eigenvalue weighted by atomic mass is 9.88. The summed E-state index contributed by atoms with van der Waals surface area (Å²) in [5, 5.41) is 65.8. The van der Waals surface area contributed by atoms with Gasteiger partial charge in [0, 0.05) is 23.3 Å². The Kier molecular flexibility index (Phi) is 19.9. The average Bonchev–Trinajstić information content (AvgIpc) is 3.26. The number of aliphatic hydroxyl groups excluding tert-OH is 5. The summed E-state index contributed by atoms with van der Waals surface area (Å²) < 4.78 is 36.5. The Morgan fingerprint density at radius 3 is 2.22 bits per heavy atom. The van der Waals surface area contributed by atoms with Crippen molar-refractivity contribution < 1.29 is 68.6 Å². The van der Waals surface area contributed by atoms with Crippen LogP contribution in [0.2, 0.25) is 10.0 Å². The molecule has 2 fully saturated rings. The largest absolute Gasteiger partial charge is 0.505 e. The fraction of sp³-hybridized carbons (Fsp3) is 0.633. The molecule has 364 valence electrons. The minimum Gasteiger partial charge on any atom is -0.505 e. The van der Waals surface area contributed by atoms with Crippen molar-refractivity contribution in [3.05, 3.63) is 85.5 Å². The molecule has 0 spiro atoms. The molecule has 0 aliphatic carbocycles. The highest BCUT2D eigenvalue weighted by Crippen LogP contribution is 2.41. The fourth-order valence-corrected chi connectivity index (χ4v) is 8.80. The minimum atomic E-state index is -1.52. The molecule has 16 heteroatoms. The predicted molar refractivity (Wildman–Crippen MR) is 246 cm³/mol. The van der Waals surface area contributed by atoms with E-state index < -0.39 is 96.7 Å². The number of benzene rings is 1. The monoisotopic (exact) mass is 952 g/mol. The number of carbonyl (C=O) groups is 2. The van der Waals surface area contributed by atoms with Gasteiger partial charge in [-0.3, -0.25) is 0 Å². The molecule has 0 radical (unpaired) electrons. The van der Waals surface area contributed by atoms with Crippen LogP contribution in [0.3, 0.4) is 0 Å². The topological polar surface area (TPSA) is 211 Å². The van der Waals surface area contributed by atoms with Crippen LogP contribution >= 0.6 is 23.2 Å². The summed E-state index contributed by atoms with van der Waals surface area (Å²) in [7, 11) is 0. The summed E-state index contributed by atoms with van der Waals surface area (Å²) in [6.45, 7) is 19.1. The minimum absolute atomic E-state index is 0.0758. The lowest BCUT2D eigenvalue weighted by molar-refractivity contribution is -0.331. The number of rotatable bonds is 10. The summed E-state index contributed by atoms with van der Waals surface area (Å²) in [5.41, 5.74) is 1.82. The van der Waals surface area contributed by atoms with Crippen molar-refractivity contribution in [3.63, 3.8) is 0 Å². The smallest absolute Gasteiger partial charge is 0.342 e. The van der Waals surface area contributed by atoms with Crippen LogP contribution in [-0.2, 0) is 39.6 Å². The maximum absolute atomic E-state index is 13.8. The van der Waals surface area contributed by atoms with Gasteiger partial charge in [-0.25, -0.2) is 9.59 Å². The molecule has 0 aromatic heterocycles. The molecule has 65 heavy (non-hydrogen) atoms. The summed E-state index contributed by atoms with van der Waals surface area (Å²) in [6.07, 6.45) is 0.596. The van der Waals surface area contributed by atoms with Gasteiger partial charge in [-0.2, -0.15) is 0 Å². The van der Waals surface area contributed by atoms with E-state index in [1.165, 1.54) is 0 Å². The lowest BCUT2D eigenvalue weighted by Gasteiger charge is -2.46. The van der Waals surface area contributed by atoms with Gasteiger partial charge in [0.25, 0.3) is 0 Å². The van der Waals surface area contributed by atoms with Crippen molar-refractivity contribution in [3.8, 4) is 5.75 Å². The number of aromatic hydroxyl groups is 1. The van der Waals surface area contributed by atoms with Crippen molar-refractivity contribution in [1.82, 2.24) is 0 Å². The summed E-state index contributed by atoms with van der Waals surface area (Å²) in [5.74, 6) is -3.07. The van der Waals surface area contributed by atoms with Gasteiger partial charge in [-0.15, -0.1) is 0 Å². The van der Waals surface area contributed by atoms with E-state index in [-0.39, 0.29) is 40.1 Å². The molecule has 13 unspecified atom stereocenters. The van der Waals surface area contributed by atoms with E-state index in [2.05, 4.69) is 0 Å². The molecule has 2 saturated heterocycles. The first-order valence-electron chi connectivity index (χ1n) is 22.5. The zero-order valence-corrected chi connectivity index (χ0v) is 40.9. The molecule has 4 rings (SSSR count). The molecule has 0 saturated carbocycles. The second kappa shape index (κ2) is 23.7. The molecular weight excluding hydrogens is 883 g/mol. The van der Waals surface area contributed by atoms with Gasteiger partial charge in [0.05, 0.1) is 41.1 Å². The van der Waals surface area contributed by atoms with Crippen molar-refractivity contribution in [2.24, 2.45) is 11.8 Å². The van der Waals surface area contributed by atoms with Crippen LogP contribution in [0.25, 0.3) is 0 Å². The number of aliphatic hydroxyl groups is 5. The van der Waals surface area contributed by atoms with E-state index in [4.69, 9.17) is 51.6 Å². The van der Waals surface area contributed by atoms with Crippen LogP contribution in [-0.4, -0.2) is 122 Å². The quantitative estimate of drug-likeness (QED) is 0.101. The van der Waals surface area contributed by atoms with E-state index in [9.17, 15) is 40.2 Å². The molecule has 1 aromatic rings. The number of esters is 2. The van der Waals surface area contributed by atoms with Crippen molar-refractivity contribution in [2.75, 3.05) is 6.61 Å². The number of halogens is 2. The van der Waals surface area contributed by atoms with Gasteiger partial charge in [-0.05, 0) is 102 Å². The summed E-state index contributed by atoms with van der Waals surface area (Å²) >= 11 is 12.8. The number of phenolic OH excluding ortho intramolecular Hbond substituents is 1. The van der Waals surface area contributed by atoms with E-state index in [1.807, 2.05) is 45.9 Å². The van der Waals surface area contributed by atoms with Gasteiger partial charge in [0.15, 0.2) is 18.7 Å². The third-order valence-corrected chi connectivity index (χ3v) is 13.6. The van der Waals surface area contributed by atoms with Crippen LogP contribution in [0.4, 0.5) is 0 Å². The Labute approximate surface area is 393 Å². The van der Waals surface area contributed by atoms with Gasteiger partial charge in [0.2, 0.25) is 0 Å². The van der Waals surface area contributed by atoms with E-state index in [0.717, 1.165) is 11.1 Å². The first-order valence-corrected chi connectivity index (χ1v) is 23.3. The molecule has 0 amide bonds. The molecule has 3 heterocycles. The number of cyclic esters (lactones) is 1. The highest BCUT2D eigenvalue weighted by molar-refractivity contribution is 6.38. The SMILES string of the molecule is CCc1c(Cl)c(C)c(Cl)c(O)c1C(=O)OC1C(C)OC(OC/C2=C\C=C\CC(O)/C(C)=C/C(CC)C(OC3OC(C)(C)C(O)C(O)C3O)/C(C)=C/C(C)=C/CC(CC)OC2=O)C(C)C1O. The third-order valence-electron chi connectivity index (χ3n) is 12.6. The standard InChI is InChI=1S/C49H70Cl2O14/c1-12-30-22-25(5)34(52)18-16-15-17-31(23-60-47-28(8)38(53)43(29(9)61-47)63-46(59)35-33(14-3)36(50)27(7)37(51)39(35)54)45(58)62-32(13-2)20-19-24(4)21-26(6)42(30)64-48-41(56)40(55)44(57)49(10,11)65-48/h15-17,19,21-22,28-30,32,34,38,40-44,47-48,52-57H,12-14,18,20,23H2,1-11H3/b16-15+,24-19+,25-22+,26-21+,31-17+. The number of allylic oxidation sites excluding steroid dienone is 4. The van der Waals surface area contributed by atoms with Crippen LogP contribution in [0, 0.1) is 18.8 Å². The second-order valence-corrected chi connectivity index (χ2v) is 18.7. The zero-order chi connectivity index (χ0) is 48.7. The molecule has 14 nitrogen and oxygen atoms in total. The van der Waals surface area contributed by atoms with Crippen LogP contribution < -0.4 is 0 Å². The Hall–Kier alpha value is -3.12. The Morgan fingerprint density at radius 2 is 1.58 bits per heavy atom. The van der Waals surface area contributed by atoms with E-state index >= 15 is 0 Å². The van der Waals surface area contributed by atoms with Gasteiger partial charge >= 0.3 is 11.9 Å². The average molecular weight is 954 g/mol. The van der Waals surface area contributed by atoms with Crippen LogP contribution in [0.1, 0.15) is 116 Å². The van der Waals surface area contributed by atoms with Gasteiger partial charge < -0.3 is 59.1 Å². The highest BCUT2D eigenvalue weighted by atomic mass is 35.5. The first-order chi connectivity index (χ1) is 30.5. The normalized spacial score (nSPS) is 36.8. The van der Waals surface area contributed by atoms with E-state index in [0.29, 0.717) is 42.4 Å². The second-order valence-electron chi connectivity index (χ2n) is 18.0. The molecule has 6 N–H and O–H groups in total. The van der Waals surface area contributed by atoms with Crippen LogP contribution in [0.5, 0.6) is 5.75 Å².